The predicted molar refractivity (Wildman–Crippen MR) is 93.5 cm³/mol. The van der Waals surface area contributed by atoms with Crippen molar-refractivity contribution in [1.82, 2.24) is 14.8 Å². The SMILES string of the molecule is COC(=O)c1ccc([C@H]2C(C(=O)OC(C)C)=C(C)Nc3ncnn32)cc1. The van der Waals surface area contributed by atoms with Crippen molar-refractivity contribution in [3.05, 3.63) is 53.0 Å². The molecule has 136 valence electrons. The number of esters is 2. The van der Waals surface area contributed by atoms with Gasteiger partial charge in [0.1, 0.15) is 12.4 Å². The molecule has 1 aromatic heterocycles. The second kappa shape index (κ2) is 6.99. The van der Waals surface area contributed by atoms with Crippen LogP contribution in [0.1, 0.15) is 42.7 Å². The molecular weight excluding hydrogens is 336 g/mol. The molecule has 8 nitrogen and oxygen atoms in total. The molecule has 0 radical (unpaired) electrons. The minimum absolute atomic E-state index is 0.248. The van der Waals surface area contributed by atoms with Gasteiger partial charge >= 0.3 is 11.9 Å². The summed E-state index contributed by atoms with van der Waals surface area (Å²) in [4.78, 5) is 28.5. The van der Waals surface area contributed by atoms with Gasteiger partial charge in [0.05, 0.1) is 24.4 Å². The van der Waals surface area contributed by atoms with Crippen LogP contribution in [0.2, 0.25) is 0 Å². The molecule has 0 saturated carbocycles. The largest absolute Gasteiger partial charge is 0.465 e. The number of methoxy groups -OCH3 is 1. The first-order chi connectivity index (χ1) is 12.4. The summed E-state index contributed by atoms with van der Waals surface area (Å²) < 4.78 is 11.8. The van der Waals surface area contributed by atoms with E-state index in [9.17, 15) is 9.59 Å². The highest BCUT2D eigenvalue weighted by atomic mass is 16.5. The molecule has 1 aliphatic rings. The number of carbonyl (C=O) groups is 2. The molecule has 0 spiro atoms. The lowest BCUT2D eigenvalue weighted by Crippen LogP contribution is -2.30. The van der Waals surface area contributed by atoms with Crippen molar-refractivity contribution in [2.75, 3.05) is 12.4 Å². The number of benzene rings is 1. The third-order valence-electron chi connectivity index (χ3n) is 4.00. The standard InChI is InChI=1S/C18H20N4O4/c1-10(2)26-17(24)14-11(3)21-18-19-9-20-22(18)15(14)12-5-7-13(8-6-12)16(23)25-4/h5-10,15H,1-4H3,(H,19,20,21)/t15-/m0/s1. The van der Waals surface area contributed by atoms with Gasteiger partial charge in [-0.1, -0.05) is 12.1 Å². The second-order valence-electron chi connectivity index (χ2n) is 6.16. The topological polar surface area (TPSA) is 95.3 Å². The van der Waals surface area contributed by atoms with Gasteiger partial charge in [-0.2, -0.15) is 10.1 Å². The van der Waals surface area contributed by atoms with E-state index in [2.05, 4.69) is 15.4 Å². The Labute approximate surface area is 150 Å². The number of ether oxygens (including phenoxy) is 2. The van der Waals surface area contributed by atoms with E-state index in [1.54, 1.807) is 49.7 Å². The first-order valence-corrected chi connectivity index (χ1v) is 8.19. The van der Waals surface area contributed by atoms with Gasteiger partial charge in [0.2, 0.25) is 5.95 Å². The van der Waals surface area contributed by atoms with Crippen LogP contribution in [-0.2, 0) is 14.3 Å². The number of carbonyl (C=O) groups excluding carboxylic acids is 2. The zero-order chi connectivity index (χ0) is 18.8. The molecule has 0 unspecified atom stereocenters. The van der Waals surface area contributed by atoms with Gasteiger partial charge < -0.3 is 14.8 Å². The van der Waals surface area contributed by atoms with Crippen LogP contribution in [-0.4, -0.2) is 39.9 Å². The normalized spacial score (nSPS) is 16.1. The summed E-state index contributed by atoms with van der Waals surface area (Å²) in [6.45, 7) is 5.39. The highest BCUT2D eigenvalue weighted by molar-refractivity contribution is 5.93. The maximum atomic E-state index is 12.7. The number of fused-ring (bicyclic) bond motifs is 1. The Morgan fingerprint density at radius 2 is 1.88 bits per heavy atom. The molecule has 0 aliphatic carbocycles. The van der Waals surface area contributed by atoms with Gasteiger partial charge in [-0.3, -0.25) is 0 Å². The summed E-state index contributed by atoms with van der Waals surface area (Å²) in [5, 5.41) is 7.32. The van der Waals surface area contributed by atoms with E-state index in [1.807, 2.05) is 0 Å². The van der Waals surface area contributed by atoms with Crippen LogP contribution in [0.25, 0.3) is 0 Å². The molecular formula is C18H20N4O4. The molecule has 2 heterocycles. The summed E-state index contributed by atoms with van der Waals surface area (Å²) >= 11 is 0. The fraction of sp³-hybridized carbons (Fsp3) is 0.333. The van der Waals surface area contributed by atoms with Crippen molar-refractivity contribution in [1.29, 1.82) is 0 Å². The Balaban J connectivity index is 2.06. The van der Waals surface area contributed by atoms with Crippen molar-refractivity contribution in [3.63, 3.8) is 0 Å². The molecule has 0 bridgehead atoms. The number of rotatable bonds is 4. The maximum Gasteiger partial charge on any atom is 0.338 e. The molecule has 26 heavy (non-hydrogen) atoms. The summed E-state index contributed by atoms with van der Waals surface area (Å²) in [5.74, 6) is -0.312. The average Bonchev–Trinajstić information content (AvgIpc) is 3.07. The van der Waals surface area contributed by atoms with Crippen LogP contribution in [0.3, 0.4) is 0 Å². The first kappa shape index (κ1) is 17.7. The third-order valence-corrected chi connectivity index (χ3v) is 4.00. The van der Waals surface area contributed by atoms with Crippen LogP contribution in [0.5, 0.6) is 0 Å². The van der Waals surface area contributed by atoms with E-state index < -0.39 is 18.0 Å². The Morgan fingerprint density at radius 3 is 2.50 bits per heavy atom. The van der Waals surface area contributed by atoms with E-state index in [-0.39, 0.29) is 6.10 Å². The van der Waals surface area contributed by atoms with Crippen molar-refractivity contribution in [2.45, 2.75) is 32.9 Å². The monoisotopic (exact) mass is 356 g/mol. The molecule has 1 atom stereocenters. The van der Waals surface area contributed by atoms with E-state index in [0.29, 0.717) is 22.8 Å². The molecule has 3 rings (SSSR count). The Bertz CT molecular complexity index is 868. The zero-order valence-corrected chi connectivity index (χ0v) is 15.0. The van der Waals surface area contributed by atoms with Gasteiger partial charge in [0.15, 0.2) is 0 Å². The van der Waals surface area contributed by atoms with Gasteiger partial charge in [0, 0.05) is 5.70 Å². The predicted octanol–water partition coefficient (Wildman–Crippen LogP) is 2.31. The van der Waals surface area contributed by atoms with E-state index >= 15 is 0 Å². The van der Waals surface area contributed by atoms with Gasteiger partial charge in [-0.15, -0.1) is 0 Å². The molecule has 1 N–H and O–H groups in total. The minimum atomic E-state index is -0.508. The first-order valence-electron chi connectivity index (χ1n) is 8.19. The number of anilines is 1. The molecule has 1 aromatic carbocycles. The summed E-state index contributed by atoms with van der Waals surface area (Å²) in [5.41, 5.74) is 2.30. The van der Waals surface area contributed by atoms with Crippen molar-refractivity contribution >= 4 is 17.9 Å². The lowest BCUT2D eigenvalue weighted by molar-refractivity contribution is -0.143. The fourth-order valence-electron chi connectivity index (χ4n) is 2.86. The number of nitrogens with one attached hydrogen (secondary N) is 1. The van der Waals surface area contributed by atoms with E-state index in [0.717, 1.165) is 5.56 Å². The smallest absolute Gasteiger partial charge is 0.338 e. The molecule has 8 heteroatoms. The lowest BCUT2D eigenvalue weighted by atomic mass is 9.95. The quantitative estimate of drug-likeness (QED) is 0.840. The summed E-state index contributed by atoms with van der Waals surface area (Å²) in [7, 11) is 1.33. The Morgan fingerprint density at radius 1 is 1.19 bits per heavy atom. The molecule has 0 fully saturated rings. The fourth-order valence-corrected chi connectivity index (χ4v) is 2.86. The number of hydrogen-bond acceptors (Lipinski definition) is 7. The van der Waals surface area contributed by atoms with Gasteiger partial charge in [-0.25, -0.2) is 14.3 Å². The Kier molecular flexibility index (Phi) is 4.75. The van der Waals surface area contributed by atoms with Crippen LogP contribution in [0, 0.1) is 0 Å². The number of hydrogen-bond donors (Lipinski definition) is 1. The van der Waals surface area contributed by atoms with Gasteiger partial charge in [-0.05, 0) is 38.5 Å². The molecule has 2 aromatic rings. The average molecular weight is 356 g/mol. The van der Waals surface area contributed by atoms with Crippen molar-refractivity contribution in [2.24, 2.45) is 0 Å². The van der Waals surface area contributed by atoms with E-state index in [4.69, 9.17) is 9.47 Å². The number of aromatic nitrogens is 3. The third kappa shape index (κ3) is 3.17. The summed E-state index contributed by atoms with van der Waals surface area (Å²) in [6.07, 6.45) is 1.17. The molecule has 0 saturated heterocycles. The van der Waals surface area contributed by atoms with Crippen molar-refractivity contribution < 1.29 is 19.1 Å². The highest BCUT2D eigenvalue weighted by Crippen LogP contribution is 2.35. The van der Waals surface area contributed by atoms with Crippen LogP contribution < -0.4 is 5.32 Å². The maximum absolute atomic E-state index is 12.7. The molecule has 1 aliphatic heterocycles. The van der Waals surface area contributed by atoms with Crippen LogP contribution in [0.15, 0.2) is 41.9 Å². The van der Waals surface area contributed by atoms with E-state index in [1.165, 1.54) is 13.4 Å². The number of nitrogens with zero attached hydrogens (tertiary/aromatic N) is 3. The second-order valence-corrected chi connectivity index (χ2v) is 6.16. The van der Waals surface area contributed by atoms with Crippen LogP contribution in [0.4, 0.5) is 5.95 Å². The highest BCUT2D eigenvalue weighted by Gasteiger charge is 2.34. The van der Waals surface area contributed by atoms with Gasteiger partial charge in [0.25, 0.3) is 0 Å². The number of allylic oxidation sites excluding steroid dienone is 1. The van der Waals surface area contributed by atoms with Crippen molar-refractivity contribution in [3.8, 4) is 0 Å². The zero-order valence-electron chi connectivity index (χ0n) is 15.0. The summed E-state index contributed by atoms with van der Waals surface area (Å²) in [6, 6.07) is 6.33. The van der Waals surface area contributed by atoms with Crippen LogP contribution >= 0.6 is 0 Å². The lowest BCUT2D eigenvalue weighted by Gasteiger charge is -2.28. The minimum Gasteiger partial charge on any atom is -0.465 e. The Hall–Kier alpha value is -3.16. The molecule has 0 amide bonds.